The number of rotatable bonds is 82. The minimum atomic E-state index is -4.96. The average molecular weight is 1510 g/mol. The summed E-state index contributed by atoms with van der Waals surface area (Å²) in [5.74, 6) is 0.334. The summed E-state index contributed by atoms with van der Waals surface area (Å²) in [5, 5.41) is 10.7. The van der Waals surface area contributed by atoms with E-state index in [0.717, 1.165) is 108 Å². The molecule has 0 rings (SSSR count). The maximum atomic E-state index is 13.1. The predicted molar refractivity (Wildman–Crippen MR) is 423 cm³/mol. The molecule has 0 aromatic rings. The summed E-state index contributed by atoms with van der Waals surface area (Å²) in [6.07, 6.45) is 63.8. The molecule has 3 N–H and O–H groups in total. The van der Waals surface area contributed by atoms with Gasteiger partial charge in [-0.3, -0.25) is 37.3 Å². The fourth-order valence-corrected chi connectivity index (χ4v) is 14.6. The van der Waals surface area contributed by atoms with Crippen LogP contribution < -0.4 is 0 Å². The molecule has 103 heavy (non-hydrogen) atoms. The standard InChI is InChI=1S/C84H164O17P2/c1-8-10-11-12-13-34-44-51-58-65-81(86)94-71-79(100-84(89)68-61-54-47-40-33-27-29-36-42-49-56-63-76(5)6)73-98-102(90,91)96-69-78(85)70-97-103(92,93)99-74-80(72-95-82(87)66-59-52-45-38-31-25-22-18-19-23-28-35-41-48-55-62-75(3)4)101-83(88)67-60-53-46-39-32-26-21-17-15-14-16-20-24-30-37-43-50-57-64-77(7)9-2/h75-80,85H,8-74H2,1-7H3,(H,90,91)(H,92,93)/t77?,78-,79+,80+/m0/s1. The second-order valence-electron chi connectivity index (χ2n) is 31.4. The van der Waals surface area contributed by atoms with Crippen LogP contribution in [0.25, 0.3) is 0 Å². The molecule has 0 aliphatic heterocycles. The van der Waals surface area contributed by atoms with E-state index in [-0.39, 0.29) is 25.7 Å². The number of carbonyl (C=O) groups is 4. The van der Waals surface area contributed by atoms with E-state index in [4.69, 9.17) is 37.0 Å². The number of aliphatic hydroxyl groups is 1. The van der Waals surface area contributed by atoms with Crippen LogP contribution in [0.15, 0.2) is 0 Å². The SMILES string of the molecule is CCCCCCCCCCCC(=O)OC[C@H](COP(=O)(O)OC[C@H](O)COP(=O)(O)OC[C@@H](COC(=O)CCCCCCCCCCCCCCCCCC(C)C)OC(=O)CCCCCCCCCCCCCCCCCCCCC(C)CC)OC(=O)CCCCCCCCCCCCCC(C)C. The number of hydrogen-bond donors (Lipinski definition) is 3. The number of hydrogen-bond acceptors (Lipinski definition) is 15. The van der Waals surface area contributed by atoms with Gasteiger partial charge in [-0.25, -0.2) is 9.13 Å². The van der Waals surface area contributed by atoms with E-state index in [9.17, 15) is 43.2 Å². The van der Waals surface area contributed by atoms with Crippen molar-refractivity contribution in [2.75, 3.05) is 39.6 Å². The Morgan fingerprint density at radius 2 is 0.495 bits per heavy atom. The number of unbranched alkanes of at least 4 members (excludes halogenated alkanes) is 49. The summed E-state index contributed by atoms with van der Waals surface area (Å²) >= 11 is 0. The van der Waals surface area contributed by atoms with E-state index >= 15 is 0 Å². The lowest BCUT2D eigenvalue weighted by Gasteiger charge is -2.21. The number of esters is 4. The molecule has 3 unspecified atom stereocenters. The van der Waals surface area contributed by atoms with Crippen LogP contribution in [-0.2, 0) is 65.4 Å². The number of ether oxygens (including phenoxy) is 4. The van der Waals surface area contributed by atoms with Crippen molar-refractivity contribution in [1.82, 2.24) is 0 Å². The molecule has 0 saturated heterocycles. The van der Waals surface area contributed by atoms with Crippen LogP contribution in [0.4, 0.5) is 0 Å². The van der Waals surface area contributed by atoms with Crippen LogP contribution in [-0.4, -0.2) is 96.7 Å². The monoisotopic (exact) mass is 1510 g/mol. The largest absolute Gasteiger partial charge is 0.472 e. The molecule has 0 heterocycles. The van der Waals surface area contributed by atoms with Crippen molar-refractivity contribution in [3.8, 4) is 0 Å². The molecule has 612 valence electrons. The Balaban J connectivity index is 5.21. The highest BCUT2D eigenvalue weighted by molar-refractivity contribution is 7.47. The Morgan fingerprint density at radius 1 is 0.282 bits per heavy atom. The highest BCUT2D eigenvalue weighted by atomic mass is 31.2. The molecule has 0 aliphatic rings. The third-order valence-electron chi connectivity index (χ3n) is 20.0. The van der Waals surface area contributed by atoms with Crippen molar-refractivity contribution in [2.24, 2.45) is 17.8 Å². The van der Waals surface area contributed by atoms with Crippen LogP contribution >= 0.6 is 15.6 Å². The van der Waals surface area contributed by atoms with E-state index in [1.54, 1.807) is 0 Å². The van der Waals surface area contributed by atoms with Gasteiger partial charge >= 0.3 is 39.5 Å². The molecule has 0 bridgehead atoms. The minimum absolute atomic E-state index is 0.106. The molecule has 0 amide bonds. The fraction of sp³-hybridized carbons (Fsp3) is 0.952. The van der Waals surface area contributed by atoms with E-state index in [1.165, 1.54) is 250 Å². The molecule has 0 aliphatic carbocycles. The van der Waals surface area contributed by atoms with Gasteiger partial charge < -0.3 is 33.8 Å². The molecule has 0 aromatic carbocycles. The van der Waals surface area contributed by atoms with Gasteiger partial charge in [-0.05, 0) is 43.4 Å². The quantitative estimate of drug-likeness (QED) is 0.0222. The van der Waals surface area contributed by atoms with E-state index in [1.807, 2.05) is 0 Å². The van der Waals surface area contributed by atoms with Gasteiger partial charge in [0.1, 0.15) is 19.3 Å². The van der Waals surface area contributed by atoms with Crippen LogP contribution in [0, 0.1) is 17.8 Å². The van der Waals surface area contributed by atoms with Crippen LogP contribution in [0.5, 0.6) is 0 Å². The number of phosphoric ester groups is 2. The molecule has 0 saturated carbocycles. The second-order valence-corrected chi connectivity index (χ2v) is 34.3. The third kappa shape index (κ3) is 76.6. The van der Waals surface area contributed by atoms with Crippen molar-refractivity contribution in [2.45, 2.75) is 458 Å². The molecule has 6 atom stereocenters. The Hall–Kier alpha value is -1.94. The third-order valence-corrected chi connectivity index (χ3v) is 21.9. The van der Waals surface area contributed by atoms with Gasteiger partial charge in [0.25, 0.3) is 0 Å². The highest BCUT2D eigenvalue weighted by Gasteiger charge is 2.30. The smallest absolute Gasteiger partial charge is 0.462 e. The Bertz CT molecular complexity index is 1990. The molecular weight excluding hydrogens is 1340 g/mol. The molecule has 17 nitrogen and oxygen atoms in total. The lowest BCUT2D eigenvalue weighted by molar-refractivity contribution is -0.161. The topological polar surface area (TPSA) is 237 Å². The summed E-state index contributed by atoms with van der Waals surface area (Å²) in [7, 11) is -9.92. The van der Waals surface area contributed by atoms with Crippen LogP contribution in [0.3, 0.4) is 0 Å². The van der Waals surface area contributed by atoms with Crippen LogP contribution in [0.1, 0.15) is 440 Å². The Kier molecular flexibility index (Phi) is 72.8. The molecular formula is C84H164O17P2. The van der Waals surface area contributed by atoms with E-state index < -0.39 is 97.5 Å². The predicted octanol–water partition coefficient (Wildman–Crippen LogP) is 25.3. The number of carbonyl (C=O) groups excluding carboxylic acids is 4. The lowest BCUT2D eigenvalue weighted by Crippen LogP contribution is -2.30. The van der Waals surface area contributed by atoms with Crippen molar-refractivity contribution < 1.29 is 80.2 Å². The summed E-state index contributed by atoms with van der Waals surface area (Å²) in [4.78, 5) is 73.1. The maximum absolute atomic E-state index is 13.1. The van der Waals surface area contributed by atoms with Gasteiger partial charge in [-0.15, -0.1) is 0 Å². The van der Waals surface area contributed by atoms with Gasteiger partial charge in [0.15, 0.2) is 12.2 Å². The first-order valence-electron chi connectivity index (χ1n) is 43.4. The van der Waals surface area contributed by atoms with Crippen molar-refractivity contribution in [3.63, 3.8) is 0 Å². The zero-order chi connectivity index (χ0) is 75.8. The first-order chi connectivity index (χ1) is 49.8. The van der Waals surface area contributed by atoms with Gasteiger partial charge in [0.05, 0.1) is 26.4 Å². The summed E-state index contributed by atoms with van der Waals surface area (Å²) in [6.45, 7) is 12.0. The zero-order valence-corrected chi connectivity index (χ0v) is 69.6. The van der Waals surface area contributed by atoms with Crippen molar-refractivity contribution in [3.05, 3.63) is 0 Å². The number of aliphatic hydroxyl groups excluding tert-OH is 1. The van der Waals surface area contributed by atoms with E-state index in [2.05, 4.69) is 48.5 Å². The lowest BCUT2D eigenvalue weighted by atomic mass is 9.99. The van der Waals surface area contributed by atoms with Crippen molar-refractivity contribution in [1.29, 1.82) is 0 Å². The van der Waals surface area contributed by atoms with Gasteiger partial charge in [-0.1, -0.05) is 389 Å². The molecule has 0 radical (unpaired) electrons. The van der Waals surface area contributed by atoms with Gasteiger partial charge in [0, 0.05) is 25.7 Å². The molecule has 0 spiro atoms. The normalized spacial score (nSPS) is 14.2. The summed E-state index contributed by atoms with van der Waals surface area (Å²) in [5.41, 5.74) is 0. The second kappa shape index (κ2) is 74.2. The van der Waals surface area contributed by atoms with Crippen LogP contribution in [0.2, 0.25) is 0 Å². The first-order valence-corrected chi connectivity index (χ1v) is 46.4. The van der Waals surface area contributed by atoms with Gasteiger partial charge in [0.2, 0.25) is 0 Å². The van der Waals surface area contributed by atoms with Crippen molar-refractivity contribution >= 4 is 39.5 Å². The molecule has 0 fully saturated rings. The highest BCUT2D eigenvalue weighted by Crippen LogP contribution is 2.45. The Morgan fingerprint density at radius 3 is 0.738 bits per heavy atom. The Labute approximate surface area is 632 Å². The summed E-state index contributed by atoms with van der Waals surface area (Å²) in [6, 6.07) is 0. The fourth-order valence-electron chi connectivity index (χ4n) is 13.0. The molecule has 0 aromatic heterocycles. The van der Waals surface area contributed by atoms with Gasteiger partial charge in [-0.2, -0.15) is 0 Å². The number of phosphoric acid groups is 2. The minimum Gasteiger partial charge on any atom is -0.462 e. The van der Waals surface area contributed by atoms with E-state index in [0.29, 0.717) is 25.7 Å². The first kappa shape index (κ1) is 101. The molecule has 19 heteroatoms. The maximum Gasteiger partial charge on any atom is 0.472 e. The zero-order valence-electron chi connectivity index (χ0n) is 67.8. The summed E-state index contributed by atoms with van der Waals surface area (Å²) < 4.78 is 68.8. The average Bonchev–Trinajstić information content (AvgIpc) is 0.912.